The molecule has 1 fully saturated rings. The van der Waals surface area contributed by atoms with Crippen LogP contribution in [-0.4, -0.2) is 27.8 Å². The fourth-order valence-corrected chi connectivity index (χ4v) is 3.74. The lowest BCUT2D eigenvalue weighted by molar-refractivity contribution is 0.459. The van der Waals surface area contributed by atoms with Crippen LogP contribution in [0.4, 0.5) is 0 Å². The van der Waals surface area contributed by atoms with Gasteiger partial charge < -0.3 is 5.32 Å². The quantitative estimate of drug-likeness (QED) is 0.756. The van der Waals surface area contributed by atoms with Gasteiger partial charge in [-0.25, -0.2) is 0 Å². The molecule has 0 saturated carbocycles. The van der Waals surface area contributed by atoms with Crippen molar-refractivity contribution in [1.82, 2.24) is 5.32 Å². The molecule has 0 aliphatic carbocycles. The molecule has 0 aromatic rings. The lowest BCUT2D eigenvalue weighted by Gasteiger charge is -2.23. The molecule has 78 valence electrons. The van der Waals surface area contributed by atoms with Crippen molar-refractivity contribution in [2.24, 2.45) is 0 Å². The summed E-state index contributed by atoms with van der Waals surface area (Å²) in [6, 6.07) is 0.498. The molecule has 0 aromatic carbocycles. The smallest absolute Gasteiger partial charge is 0.0498 e. The molecule has 1 heterocycles. The van der Waals surface area contributed by atoms with E-state index in [2.05, 4.69) is 19.2 Å². The second-order valence-electron chi connectivity index (χ2n) is 3.73. The van der Waals surface area contributed by atoms with Gasteiger partial charge in [-0.05, 0) is 25.8 Å². The van der Waals surface area contributed by atoms with Crippen molar-refractivity contribution in [1.29, 1.82) is 0 Å². The Bertz CT molecular complexity index is 172. The summed E-state index contributed by atoms with van der Waals surface area (Å²) in [4.78, 5) is 0. The van der Waals surface area contributed by atoms with Crippen molar-refractivity contribution < 1.29 is 4.21 Å². The molecule has 1 rings (SSSR count). The molecule has 1 aliphatic rings. The van der Waals surface area contributed by atoms with Gasteiger partial charge >= 0.3 is 0 Å². The first-order valence-electron chi connectivity index (χ1n) is 5.40. The largest absolute Gasteiger partial charge is 0.313 e. The Kier molecular flexibility index (Phi) is 4.96. The van der Waals surface area contributed by atoms with Gasteiger partial charge in [-0.3, -0.25) is 4.21 Å². The summed E-state index contributed by atoms with van der Waals surface area (Å²) in [7, 11) is -0.589. The summed E-state index contributed by atoms with van der Waals surface area (Å²) >= 11 is 0. The molecule has 1 N–H and O–H groups in total. The summed E-state index contributed by atoms with van der Waals surface area (Å²) in [6.45, 7) is 5.40. The van der Waals surface area contributed by atoms with Gasteiger partial charge in [0.1, 0.15) is 0 Å². The van der Waals surface area contributed by atoms with Gasteiger partial charge in [-0.15, -0.1) is 0 Å². The molecular weight excluding hydrogens is 182 g/mol. The summed E-state index contributed by atoms with van der Waals surface area (Å²) < 4.78 is 11.8. The van der Waals surface area contributed by atoms with Crippen LogP contribution >= 0.6 is 0 Å². The molecule has 1 aliphatic heterocycles. The third-order valence-electron chi connectivity index (χ3n) is 2.72. The van der Waals surface area contributed by atoms with Crippen molar-refractivity contribution in [3.05, 3.63) is 0 Å². The minimum Gasteiger partial charge on any atom is -0.313 e. The van der Waals surface area contributed by atoms with Crippen LogP contribution in [0.25, 0.3) is 0 Å². The summed E-state index contributed by atoms with van der Waals surface area (Å²) in [5.74, 6) is 0.895. The Labute approximate surface area is 83.9 Å². The van der Waals surface area contributed by atoms with E-state index in [1.807, 2.05) is 0 Å². The number of nitrogens with one attached hydrogen (secondary N) is 1. The SMILES string of the molecule is CCCC1NCCCS(=O)C1CC. The van der Waals surface area contributed by atoms with E-state index in [9.17, 15) is 4.21 Å². The van der Waals surface area contributed by atoms with Crippen molar-refractivity contribution in [2.45, 2.75) is 50.8 Å². The fourth-order valence-electron chi connectivity index (χ4n) is 2.04. The number of hydrogen-bond donors (Lipinski definition) is 1. The van der Waals surface area contributed by atoms with E-state index in [0.717, 1.165) is 25.1 Å². The zero-order valence-electron chi connectivity index (χ0n) is 8.71. The maximum atomic E-state index is 11.8. The zero-order chi connectivity index (χ0) is 9.68. The molecule has 0 amide bonds. The molecule has 0 radical (unpaired) electrons. The minimum atomic E-state index is -0.589. The first-order chi connectivity index (χ1) is 6.29. The van der Waals surface area contributed by atoms with Crippen LogP contribution in [0.3, 0.4) is 0 Å². The van der Waals surface area contributed by atoms with Gasteiger partial charge in [0, 0.05) is 27.8 Å². The minimum absolute atomic E-state index is 0.391. The Morgan fingerprint density at radius 1 is 1.46 bits per heavy atom. The van der Waals surface area contributed by atoms with Crippen molar-refractivity contribution in [3.63, 3.8) is 0 Å². The lowest BCUT2D eigenvalue weighted by Crippen LogP contribution is -2.39. The average Bonchev–Trinajstić information content (AvgIpc) is 2.28. The molecule has 3 heteroatoms. The third kappa shape index (κ3) is 3.06. The van der Waals surface area contributed by atoms with E-state index in [-0.39, 0.29) is 0 Å². The van der Waals surface area contributed by atoms with E-state index >= 15 is 0 Å². The highest BCUT2D eigenvalue weighted by Gasteiger charge is 2.26. The van der Waals surface area contributed by atoms with E-state index in [4.69, 9.17) is 0 Å². The standard InChI is InChI=1S/C10H21NOS/c1-3-6-9-10(4-2)13(12)8-5-7-11-9/h9-11H,3-8H2,1-2H3. The second-order valence-corrected chi connectivity index (χ2v) is 5.51. The maximum Gasteiger partial charge on any atom is 0.0498 e. The second kappa shape index (κ2) is 5.76. The van der Waals surface area contributed by atoms with Gasteiger partial charge in [0.2, 0.25) is 0 Å². The van der Waals surface area contributed by atoms with Crippen LogP contribution in [0.5, 0.6) is 0 Å². The molecule has 3 unspecified atom stereocenters. The fraction of sp³-hybridized carbons (Fsp3) is 1.00. The Morgan fingerprint density at radius 2 is 2.23 bits per heavy atom. The average molecular weight is 203 g/mol. The van der Waals surface area contributed by atoms with Crippen LogP contribution in [0, 0.1) is 0 Å². The summed E-state index contributed by atoms with van der Waals surface area (Å²) in [5.41, 5.74) is 0. The molecule has 3 atom stereocenters. The van der Waals surface area contributed by atoms with Crippen LogP contribution in [0.15, 0.2) is 0 Å². The molecule has 0 spiro atoms. The third-order valence-corrected chi connectivity index (χ3v) is 4.75. The maximum absolute atomic E-state index is 11.8. The molecule has 1 saturated heterocycles. The topological polar surface area (TPSA) is 29.1 Å². The lowest BCUT2D eigenvalue weighted by atomic mass is 10.1. The predicted octanol–water partition coefficient (Wildman–Crippen LogP) is 1.68. The molecule has 2 nitrogen and oxygen atoms in total. The van der Waals surface area contributed by atoms with E-state index < -0.39 is 10.8 Å². The van der Waals surface area contributed by atoms with E-state index in [0.29, 0.717) is 11.3 Å². The highest BCUT2D eigenvalue weighted by molar-refractivity contribution is 7.85. The molecule has 0 aromatic heterocycles. The summed E-state index contributed by atoms with van der Waals surface area (Å²) in [5, 5.41) is 3.91. The number of hydrogen-bond acceptors (Lipinski definition) is 2. The Hall–Kier alpha value is 0.110. The van der Waals surface area contributed by atoms with Crippen LogP contribution in [-0.2, 0) is 10.8 Å². The predicted molar refractivity (Wildman–Crippen MR) is 58.4 cm³/mol. The van der Waals surface area contributed by atoms with Crippen LogP contribution in [0.1, 0.15) is 39.5 Å². The van der Waals surface area contributed by atoms with Crippen LogP contribution < -0.4 is 5.32 Å². The van der Waals surface area contributed by atoms with Gasteiger partial charge in [0.15, 0.2) is 0 Å². The van der Waals surface area contributed by atoms with Crippen LogP contribution in [0.2, 0.25) is 0 Å². The first-order valence-corrected chi connectivity index (χ1v) is 6.78. The van der Waals surface area contributed by atoms with E-state index in [1.165, 1.54) is 12.8 Å². The van der Waals surface area contributed by atoms with Crippen molar-refractivity contribution >= 4 is 10.8 Å². The Balaban J connectivity index is 2.59. The van der Waals surface area contributed by atoms with Gasteiger partial charge in [-0.2, -0.15) is 0 Å². The molecule has 13 heavy (non-hydrogen) atoms. The number of rotatable bonds is 3. The molecule has 0 bridgehead atoms. The monoisotopic (exact) mass is 203 g/mol. The van der Waals surface area contributed by atoms with Gasteiger partial charge in [-0.1, -0.05) is 20.3 Å². The molecular formula is C10H21NOS. The van der Waals surface area contributed by atoms with Crippen molar-refractivity contribution in [3.8, 4) is 0 Å². The zero-order valence-corrected chi connectivity index (χ0v) is 9.53. The normalized spacial score (nSPS) is 35.7. The van der Waals surface area contributed by atoms with Gasteiger partial charge in [0.25, 0.3) is 0 Å². The van der Waals surface area contributed by atoms with Gasteiger partial charge in [0.05, 0.1) is 0 Å². The highest BCUT2D eigenvalue weighted by atomic mass is 32.2. The van der Waals surface area contributed by atoms with Crippen molar-refractivity contribution in [2.75, 3.05) is 12.3 Å². The van der Waals surface area contributed by atoms with E-state index in [1.54, 1.807) is 0 Å². The first kappa shape index (κ1) is 11.2. The summed E-state index contributed by atoms with van der Waals surface area (Å²) in [6.07, 6.45) is 4.48. The Morgan fingerprint density at radius 3 is 2.85 bits per heavy atom. The highest BCUT2D eigenvalue weighted by Crippen LogP contribution is 2.16.